The summed E-state index contributed by atoms with van der Waals surface area (Å²) in [5.74, 6) is 2.15. The molecule has 98 valence electrons. The van der Waals surface area contributed by atoms with Crippen molar-refractivity contribution in [1.29, 1.82) is 0 Å². The Kier molecular flexibility index (Phi) is 4.53. The average Bonchev–Trinajstić information content (AvgIpc) is 2.58. The van der Waals surface area contributed by atoms with E-state index in [1.165, 1.54) is 25.3 Å². The molecule has 0 N–H and O–H groups in total. The van der Waals surface area contributed by atoms with Crippen LogP contribution in [0.5, 0.6) is 0 Å². The molecule has 0 aromatic heterocycles. The fraction of sp³-hybridized carbons (Fsp3) is 0.929. The topological polar surface area (TPSA) is 20.3 Å². The number of hydrogen-bond acceptors (Lipinski definition) is 3. The molecule has 0 aromatic carbocycles. The van der Waals surface area contributed by atoms with Crippen molar-refractivity contribution in [2.75, 3.05) is 25.4 Å². The van der Waals surface area contributed by atoms with Gasteiger partial charge in [0.1, 0.15) is 5.78 Å². The third kappa shape index (κ3) is 3.99. The van der Waals surface area contributed by atoms with Crippen LogP contribution in [0.3, 0.4) is 0 Å². The lowest BCUT2D eigenvalue weighted by molar-refractivity contribution is -0.120. The van der Waals surface area contributed by atoms with Gasteiger partial charge in [0.25, 0.3) is 0 Å². The van der Waals surface area contributed by atoms with E-state index in [4.69, 9.17) is 0 Å². The van der Waals surface area contributed by atoms with Gasteiger partial charge in [-0.25, -0.2) is 0 Å². The Morgan fingerprint density at radius 2 is 2.24 bits per heavy atom. The first-order valence-electron chi connectivity index (χ1n) is 6.96. The maximum Gasteiger partial charge on any atom is 0.136 e. The number of ketones is 1. The molecule has 2 fully saturated rings. The lowest BCUT2D eigenvalue weighted by Gasteiger charge is -2.23. The van der Waals surface area contributed by atoms with Gasteiger partial charge in [-0.15, -0.1) is 0 Å². The van der Waals surface area contributed by atoms with Gasteiger partial charge in [0.2, 0.25) is 0 Å². The monoisotopic (exact) mass is 255 g/mol. The summed E-state index contributed by atoms with van der Waals surface area (Å²) in [4.78, 5) is 14.2. The number of rotatable bonds is 3. The molecular weight excluding hydrogens is 230 g/mol. The molecule has 2 rings (SSSR count). The molecule has 0 aromatic rings. The Balaban J connectivity index is 1.74. The molecule has 17 heavy (non-hydrogen) atoms. The smallest absolute Gasteiger partial charge is 0.136 e. The van der Waals surface area contributed by atoms with Crippen molar-refractivity contribution in [3.05, 3.63) is 0 Å². The van der Waals surface area contributed by atoms with Crippen molar-refractivity contribution < 1.29 is 4.79 Å². The van der Waals surface area contributed by atoms with Crippen molar-refractivity contribution in [2.24, 2.45) is 5.92 Å². The first-order valence-corrected chi connectivity index (χ1v) is 7.94. The van der Waals surface area contributed by atoms with Gasteiger partial charge >= 0.3 is 0 Å². The second-order valence-corrected chi connectivity index (χ2v) is 7.85. The second-order valence-electron chi connectivity index (χ2n) is 6.04. The largest absolute Gasteiger partial charge is 0.302 e. The SMILES string of the molecule is CC1(C)CCN(CCC2CCCC2=O)CCS1. The average molecular weight is 255 g/mol. The molecule has 0 radical (unpaired) electrons. The minimum Gasteiger partial charge on any atom is -0.302 e. The van der Waals surface area contributed by atoms with E-state index in [0.29, 0.717) is 16.4 Å². The first kappa shape index (κ1) is 13.4. The Labute approximate surface area is 110 Å². The van der Waals surface area contributed by atoms with Gasteiger partial charge in [-0.1, -0.05) is 13.8 Å². The molecule has 2 aliphatic rings. The Hall–Kier alpha value is -0.0200. The summed E-state index contributed by atoms with van der Waals surface area (Å²) < 4.78 is 0.442. The highest BCUT2D eigenvalue weighted by Gasteiger charge is 2.27. The van der Waals surface area contributed by atoms with Crippen LogP contribution in [-0.2, 0) is 4.79 Å². The van der Waals surface area contributed by atoms with E-state index >= 15 is 0 Å². The van der Waals surface area contributed by atoms with Crippen LogP contribution in [0.1, 0.15) is 46.0 Å². The van der Waals surface area contributed by atoms with Gasteiger partial charge in [0.15, 0.2) is 0 Å². The van der Waals surface area contributed by atoms with Crippen molar-refractivity contribution >= 4 is 17.5 Å². The van der Waals surface area contributed by atoms with Gasteiger partial charge in [0.05, 0.1) is 0 Å². The van der Waals surface area contributed by atoms with Crippen LogP contribution in [0.2, 0.25) is 0 Å². The fourth-order valence-electron chi connectivity index (χ4n) is 2.82. The quantitative estimate of drug-likeness (QED) is 0.773. The Morgan fingerprint density at radius 3 is 2.94 bits per heavy atom. The second kappa shape index (κ2) is 5.75. The highest BCUT2D eigenvalue weighted by atomic mass is 32.2. The van der Waals surface area contributed by atoms with Crippen LogP contribution in [0, 0.1) is 5.92 Å². The third-order valence-electron chi connectivity index (χ3n) is 4.16. The van der Waals surface area contributed by atoms with Crippen LogP contribution in [0.25, 0.3) is 0 Å². The lowest BCUT2D eigenvalue weighted by atomic mass is 10.0. The summed E-state index contributed by atoms with van der Waals surface area (Å²) in [5.41, 5.74) is 0. The van der Waals surface area contributed by atoms with E-state index in [1.54, 1.807) is 0 Å². The van der Waals surface area contributed by atoms with Crippen LogP contribution in [-0.4, -0.2) is 40.8 Å². The van der Waals surface area contributed by atoms with Gasteiger partial charge in [-0.05, 0) is 38.8 Å². The predicted octanol–water partition coefficient (Wildman–Crippen LogP) is 2.96. The Bertz CT molecular complexity index is 277. The molecule has 1 saturated carbocycles. The van der Waals surface area contributed by atoms with Gasteiger partial charge in [-0.3, -0.25) is 4.79 Å². The van der Waals surface area contributed by atoms with Crippen molar-refractivity contribution in [3.8, 4) is 0 Å². The zero-order valence-corrected chi connectivity index (χ0v) is 12.0. The molecule has 3 heteroatoms. The molecular formula is C14H25NOS. The standard InChI is InChI=1S/C14H25NOS/c1-14(2)7-9-15(10-11-17-14)8-6-12-4-3-5-13(12)16/h12H,3-11H2,1-2H3. The van der Waals surface area contributed by atoms with E-state index in [0.717, 1.165) is 32.2 Å². The number of hydrogen-bond donors (Lipinski definition) is 0. The number of carbonyl (C=O) groups excluding carboxylic acids is 1. The number of thioether (sulfide) groups is 1. The molecule has 2 nitrogen and oxygen atoms in total. The molecule has 0 spiro atoms. The summed E-state index contributed by atoms with van der Waals surface area (Å²) in [5, 5.41) is 0. The molecule has 1 saturated heterocycles. The molecule has 1 heterocycles. The predicted molar refractivity (Wildman–Crippen MR) is 74.6 cm³/mol. The zero-order chi connectivity index (χ0) is 12.3. The summed E-state index contributed by atoms with van der Waals surface area (Å²) in [7, 11) is 0. The Morgan fingerprint density at radius 1 is 1.41 bits per heavy atom. The summed E-state index contributed by atoms with van der Waals surface area (Å²) in [6.07, 6.45) is 5.49. The van der Waals surface area contributed by atoms with E-state index in [9.17, 15) is 4.79 Å². The van der Waals surface area contributed by atoms with E-state index in [-0.39, 0.29) is 0 Å². The van der Waals surface area contributed by atoms with Crippen molar-refractivity contribution in [3.63, 3.8) is 0 Å². The van der Waals surface area contributed by atoms with Crippen molar-refractivity contribution in [2.45, 2.75) is 50.7 Å². The number of nitrogens with zero attached hydrogens (tertiary/aromatic N) is 1. The molecule has 0 bridgehead atoms. The maximum absolute atomic E-state index is 11.6. The molecule has 1 unspecified atom stereocenters. The van der Waals surface area contributed by atoms with Crippen LogP contribution >= 0.6 is 11.8 Å². The van der Waals surface area contributed by atoms with Crippen LogP contribution in [0.15, 0.2) is 0 Å². The van der Waals surface area contributed by atoms with Gasteiger partial charge in [0, 0.05) is 29.4 Å². The van der Waals surface area contributed by atoms with E-state index < -0.39 is 0 Å². The van der Waals surface area contributed by atoms with Crippen LogP contribution in [0.4, 0.5) is 0 Å². The highest BCUT2D eigenvalue weighted by molar-refractivity contribution is 8.00. The van der Waals surface area contributed by atoms with E-state index in [2.05, 4.69) is 30.5 Å². The zero-order valence-electron chi connectivity index (χ0n) is 11.2. The number of Topliss-reactive ketones (excluding diaryl/α,β-unsaturated/α-hetero) is 1. The van der Waals surface area contributed by atoms with Crippen molar-refractivity contribution in [1.82, 2.24) is 4.90 Å². The fourth-order valence-corrected chi connectivity index (χ4v) is 3.96. The summed E-state index contributed by atoms with van der Waals surface area (Å²) >= 11 is 2.10. The molecule has 0 amide bonds. The summed E-state index contributed by atoms with van der Waals surface area (Å²) in [6.45, 7) is 8.24. The first-order chi connectivity index (χ1) is 8.07. The molecule has 1 atom stereocenters. The van der Waals surface area contributed by atoms with Crippen LogP contribution < -0.4 is 0 Å². The van der Waals surface area contributed by atoms with Gasteiger partial charge < -0.3 is 4.90 Å². The third-order valence-corrected chi connectivity index (χ3v) is 5.53. The molecule has 1 aliphatic heterocycles. The number of carbonyl (C=O) groups is 1. The highest BCUT2D eigenvalue weighted by Crippen LogP contribution is 2.31. The maximum atomic E-state index is 11.6. The lowest BCUT2D eigenvalue weighted by Crippen LogP contribution is -2.30. The normalized spacial score (nSPS) is 30.5. The molecule has 1 aliphatic carbocycles. The minimum atomic E-state index is 0.388. The summed E-state index contributed by atoms with van der Waals surface area (Å²) in [6, 6.07) is 0. The van der Waals surface area contributed by atoms with Gasteiger partial charge in [-0.2, -0.15) is 11.8 Å². The van der Waals surface area contributed by atoms with E-state index in [1.807, 2.05) is 0 Å². The minimum absolute atomic E-state index is 0.388.